The number of hydrogen-bond donors (Lipinski definition) is 1. The Morgan fingerprint density at radius 1 is 1.39 bits per heavy atom. The Hall–Kier alpha value is -2.28. The number of amides is 2. The molecule has 2 aromatic rings. The second-order valence-corrected chi connectivity index (χ2v) is 6.58. The quantitative estimate of drug-likeness (QED) is 0.871. The minimum Gasteiger partial charge on any atom is -0.461 e. The maximum atomic E-state index is 12.2. The molecule has 2 amide bonds. The molecule has 1 fully saturated rings. The van der Waals surface area contributed by atoms with Gasteiger partial charge in [0, 0.05) is 6.54 Å². The standard InChI is InChI=1S/C16H18N2O4S/c1-10-4-5-12(22-10)13-6-7-14(23-13)15(19)21-9-11-3-2-8-18(11)16(17)20/h4-7,11H,2-3,8-9H2,1H3,(H2,17,20). The van der Waals surface area contributed by atoms with Crippen LogP contribution in [0.3, 0.4) is 0 Å². The zero-order chi connectivity index (χ0) is 16.4. The van der Waals surface area contributed by atoms with Crippen molar-refractivity contribution in [1.29, 1.82) is 0 Å². The normalized spacial score (nSPS) is 17.4. The highest BCUT2D eigenvalue weighted by molar-refractivity contribution is 7.17. The summed E-state index contributed by atoms with van der Waals surface area (Å²) in [4.78, 5) is 26.4. The summed E-state index contributed by atoms with van der Waals surface area (Å²) >= 11 is 1.32. The van der Waals surface area contributed by atoms with Crippen molar-refractivity contribution in [3.8, 4) is 10.6 Å². The molecule has 0 spiro atoms. The van der Waals surface area contributed by atoms with Gasteiger partial charge >= 0.3 is 12.0 Å². The molecule has 1 saturated heterocycles. The number of urea groups is 1. The van der Waals surface area contributed by atoms with Gasteiger partial charge in [-0.05, 0) is 44.0 Å². The van der Waals surface area contributed by atoms with Gasteiger partial charge in [-0.15, -0.1) is 11.3 Å². The van der Waals surface area contributed by atoms with Gasteiger partial charge in [0.25, 0.3) is 0 Å². The highest BCUT2D eigenvalue weighted by Gasteiger charge is 2.28. The molecule has 1 unspecified atom stereocenters. The molecular weight excluding hydrogens is 316 g/mol. The second-order valence-electron chi connectivity index (χ2n) is 5.50. The Morgan fingerprint density at radius 2 is 2.22 bits per heavy atom. The summed E-state index contributed by atoms with van der Waals surface area (Å²) < 4.78 is 10.9. The molecule has 0 bridgehead atoms. The number of primary amides is 1. The number of ether oxygens (including phenoxy) is 1. The Kier molecular flexibility index (Phi) is 4.38. The number of esters is 1. The van der Waals surface area contributed by atoms with Crippen molar-refractivity contribution in [2.24, 2.45) is 5.73 Å². The van der Waals surface area contributed by atoms with Crippen LogP contribution >= 0.6 is 11.3 Å². The zero-order valence-corrected chi connectivity index (χ0v) is 13.6. The molecule has 122 valence electrons. The topological polar surface area (TPSA) is 85.8 Å². The first-order valence-corrected chi connectivity index (χ1v) is 8.26. The number of nitrogens with zero attached hydrogens (tertiary/aromatic N) is 1. The minimum absolute atomic E-state index is 0.122. The van der Waals surface area contributed by atoms with Crippen LogP contribution in [0, 0.1) is 6.92 Å². The maximum Gasteiger partial charge on any atom is 0.348 e. The molecule has 0 radical (unpaired) electrons. The van der Waals surface area contributed by atoms with Crippen molar-refractivity contribution in [1.82, 2.24) is 4.90 Å². The highest BCUT2D eigenvalue weighted by atomic mass is 32.1. The van der Waals surface area contributed by atoms with Gasteiger partial charge in [0.05, 0.1) is 10.9 Å². The van der Waals surface area contributed by atoms with Crippen molar-refractivity contribution < 1.29 is 18.7 Å². The van der Waals surface area contributed by atoms with E-state index in [0.717, 1.165) is 29.2 Å². The van der Waals surface area contributed by atoms with E-state index in [9.17, 15) is 9.59 Å². The number of aryl methyl sites for hydroxylation is 1. The third-order valence-electron chi connectivity index (χ3n) is 3.86. The Bertz CT molecular complexity index is 721. The molecule has 7 heteroatoms. The predicted octanol–water partition coefficient (Wildman–Crippen LogP) is 3.02. The lowest BCUT2D eigenvalue weighted by Gasteiger charge is -2.21. The van der Waals surface area contributed by atoms with Crippen molar-refractivity contribution in [3.05, 3.63) is 34.9 Å². The van der Waals surface area contributed by atoms with Crippen molar-refractivity contribution in [2.45, 2.75) is 25.8 Å². The summed E-state index contributed by atoms with van der Waals surface area (Å²) in [7, 11) is 0. The molecule has 2 N–H and O–H groups in total. The molecule has 3 rings (SSSR count). The molecule has 0 aromatic carbocycles. The first kappa shape index (κ1) is 15.6. The number of carbonyl (C=O) groups is 2. The van der Waals surface area contributed by atoms with Crippen LogP contribution in [-0.2, 0) is 4.74 Å². The molecule has 1 aliphatic heterocycles. The van der Waals surface area contributed by atoms with Crippen molar-refractivity contribution in [3.63, 3.8) is 0 Å². The van der Waals surface area contributed by atoms with Crippen LogP contribution in [0.2, 0.25) is 0 Å². The van der Waals surface area contributed by atoms with E-state index < -0.39 is 6.03 Å². The monoisotopic (exact) mass is 334 g/mol. The first-order chi connectivity index (χ1) is 11.0. The zero-order valence-electron chi connectivity index (χ0n) is 12.8. The van der Waals surface area contributed by atoms with Gasteiger partial charge in [-0.25, -0.2) is 9.59 Å². The highest BCUT2D eigenvalue weighted by Crippen LogP contribution is 2.30. The lowest BCUT2D eigenvalue weighted by atomic mass is 10.2. The van der Waals surface area contributed by atoms with Crippen LogP contribution < -0.4 is 5.73 Å². The van der Waals surface area contributed by atoms with E-state index in [1.807, 2.05) is 25.1 Å². The lowest BCUT2D eigenvalue weighted by molar-refractivity contribution is 0.0428. The van der Waals surface area contributed by atoms with Gasteiger partial charge in [-0.1, -0.05) is 0 Å². The van der Waals surface area contributed by atoms with Gasteiger partial charge in [-0.3, -0.25) is 0 Å². The summed E-state index contributed by atoms with van der Waals surface area (Å²) in [5, 5.41) is 0. The molecule has 3 heterocycles. The molecule has 1 aliphatic rings. The third-order valence-corrected chi connectivity index (χ3v) is 4.94. The van der Waals surface area contributed by atoms with Gasteiger partial charge in [-0.2, -0.15) is 0 Å². The minimum atomic E-state index is -0.463. The average molecular weight is 334 g/mol. The third kappa shape index (κ3) is 3.39. The molecule has 2 aromatic heterocycles. The number of nitrogens with two attached hydrogens (primary N) is 1. The lowest BCUT2D eigenvalue weighted by Crippen LogP contribution is -2.41. The van der Waals surface area contributed by atoms with Gasteiger partial charge in [0.2, 0.25) is 0 Å². The van der Waals surface area contributed by atoms with E-state index in [1.165, 1.54) is 11.3 Å². The van der Waals surface area contributed by atoms with Crippen LogP contribution in [0.15, 0.2) is 28.7 Å². The fourth-order valence-corrected chi connectivity index (χ4v) is 3.55. The van der Waals surface area contributed by atoms with E-state index in [1.54, 1.807) is 11.0 Å². The summed E-state index contributed by atoms with van der Waals surface area (Å²) in [5.41, 5.74) is 5.31. The van der Waals surface area contributed by atoms with E-state index in [2.05, 4.69) is 0 Å². The molecule has 6 nitrogen and oxygen atoms in total. The van der Waals surface area contributed by atoms with E-state index >= 15 is 0 Å². The number of hydrogen-bond acceptors (Lipinski definition) is 5. The predicted molar refractivity (Wildman–Crippen MR) is 86.4 cm³/mol. The van der Waals surface area contributed by atoms with Crippen molar-refractivity contribution in [2.75, 3.05) is 13.2 Å². The van der Waals surface area contributed by atoms with E-state index in [0.29, 0.717) is 11.4 Å². The largest absolute Gasteiger partial charge is 0.461 e. The molecular formula is C16H18N2O4S. The molecule has 0 aliphatic carbocycles. The van der Waals surface area contributed by atoms with E-state index in [4.69, 9.17) is 14.9 Å². The Labute approximate surface area is 137 Å². The molecule has 1 atom stereocenters. The number of thiophene rings is 1. The van der Waals surface area contributed by atoms with Crippen LogP contribution in [-0.4, -0.2) is 36.1 Å². The van der Waals surface area contributed by atoms with Crippen LogP contribution in [0.25, 0.3) is 10.6 Å². The number of likely N-dealkylation sites (tertiary alicyclic amines) is 1. The number of rotatable bonds is 4. The fourth-order valence-electron chi connectivity index (χ4n) is 2.69. The number of furan rings is 1. The Balaban J connectivity index is 1.61. The van der Waals surface area contributed by atoms with Gasteiger partial charge < -0.3 is 19.8 Å². The average Bonchev–Trinajstić information content (AvgIpc) is 3.24. The first-order valence-electron chi connectivity index (χ1n) is 7.44. The molecule has 0 saturated carbocycles. The van der Waals surface area contributed by atoms with Crippen LogP contribution in [0.5, 0.6) is 0 Å². The van der Waals surface area contributed by atoms with Gasteiger partial charge in [0.15, 0.2) is 0 Å². The van der Waals surface area contributed by atoms with Crippen molar-refractivity contribution >= 4 is 23.3 Å². The van der Waals surface area contributed by atoms with Crippen LogP contribution in [0.4, 0.5) is 4.79 Å². The van der Waals surface area contributed by atoms with E-state index in [-0.39, 0.29) is 18.6 Å². The Morgan fingerprint density at radius 3 is 2.91 bits per heavy atom. The van der Waals surface area contributed by atoms with Crippen LogP contribution in [0.1, 0.15) is 28.3 Å². The SMILES string of the molecule is Cc1ccc(-c2ccc(C(=O)OCC3CCCN3C(N)=O)s2)o1. The fraction of sp³-hybridized carbons (Fsp3) is 0.375. The molecule has 23 heavy (non-hydrogen) atoms. The summed E-state index contributed by atoms with van der Waals surface area (Å²) in [6.45, 7) is 2.67. The van der Waals surface area contributed by atoms with Gasteiger partial charge in [0.1, 0.15) is 23.0 Å². The maximum absolute atomic E-state index is 12.2. The summed E-state index contributed by atoms with van der Waals surface area (Å²) in [5.74, 6) is 1.17. The summed E-state index contributed by atoms with van der Waals surface area (Å²) in [6.07, 6.45) is 1.68. The second kappa shape index (κ2) is 6.45. The number of carbonyl (C=O) groups excluding carboxylic acids is 2. The smallest absolute Gasteiger partial charge is 0.348 e. The summed E-state index contributed by atoms with van der Waals surface area (Å²) in [6, 6.07) is 6.73.